The highest BCUT2D eigenvalue weighted by Crippen LogP contribution is 2.55. The number of alkyl halides is 6. The largest absolute Gasteiger partial charge is 0.404 e. The molecule has 1 aliphatic carbocycles. The molecule has 0 aromatic carbocycles. The molecule has 3 nitrogen and oxygen atoms in total. The molecule has 0 bridgehead atoms. The van der Waals surface area contributed by atoms with Gasteiger partial charge >= 0.3 is 18.4 Å². The zero-order valence-electron chi connectivity index (χ0n) is 13.6. The van der Waals surface area contributed by atoms with Crippen LogP contribution in [0.3, 0.4) is 0 Å². The molecular weight excluding hydrogens is 338 g/mol. The number of nitrogens with zero attached hydrogens (tertiary/aromatic N) is 1. The quantitative estimate of drug-likeness (QED) is 0.694. The Bertz CT molecular complexity index is 462. The van der Waals surface area contributed by atoms with Crippen LogP contribution in [-0.4, -0.2) is 42.4 Å². The maximum atomic E-state index is 13.0. The Morgan fingerprint density at radius 1 is 1.08 bits per heavy atom. The van der Waals surface area contributed by atoms with Gasteiger partial charge in [-0.2, -0.15) is 26.3 Å². The van der Waals surface area contributed by atoms with Gasteiger partial charge in [-0.05, 0) is 37.5 Å². The monoisotopic (exact) mass is 360 g/mol. The number of hydrogen-bond donors (Lipinski definition) is 1. The Hall–Kier alpha value is -1.15. The highest BCUT2D eigenvalue weighted by molar-refractivity contribution is 5.75. The van der Waals surface area contributed by atoms with Crippen LogP contribution in [0.5, 0.6) is 0 Å². The van der Waals surface area contributed by atoms with E-state index >= 15 is 0 Å². The molecule has 9 heteroatoms. The zero-order chi connectivity index (χ0) is 18.3. The van der Waals surface area contributed by atoms with Crippen molar-refractivity contribution in [2.75, 3.05) is 13.1 Å². The summed E-state index contributed by atoms with van der Waals surface area (Å²) in [5.74, 6) is 0.651. The van der Waals surface area contributed by atoms with Crippen molar-refractivity contribution in [1.82, 2.24) is 10.2 Å². The lowest BCUT2D eigenvalue weighted by Crippen LogP contribution is -2.54. The van der Waals surface area contributed by atoms with E-state index in [1.807, 2.05) is 6.92 Å². The normalized spacial score (nSPS) is 31.2. The molecule has 0 unspecified atom stereocenters. The molecule has 0 aromatic heterocycles. The molecular formula is C15H22F6N2O. The first kappa shape index (κ1) is 19.2. The summed E-state index contributed by atoms with van der Waals surface area (Å²) in [4.78, 5) is 12.8. The lowest BCUT2D eigenvalue weighted by Gasteiger charge is -2.35. The van der Waals surface area contributed by atoms with Gasteiger partial charge in [-0.15, -0.1) is 0 Å². The molecule has 0 spiro atoms. The van der Waals surface area contributed by atoms with Crippen LogP contribution >= 0.6 is 0 Å². The fraction of sp³-hybridized carbons (Fsp3) is 0.933. The van der Waals surface area contributed by atoms with E-state index in [0.29, 0.717) is 17.2 Å². The Morgan fingerprint density at radius 3 is 2.12 bits per heavy atom. The lowest BCUT2D eigenvalue weighted by atomic mass is 9.80. The number of rotatable bonds is 1. The van der Waals surface area contributed by atoms with Gasteiger partial charge in [0.25, 0.3) is 0 Å². The molecule has 1 saturated carbocycles. The summed E-state index contributed by atoms with van der Waals surface area (Å²) >= 11 is 0. The van der Waals surface area contributed by atoms with E-state index in [0.717, 1.165) is 12.8 Å². The maximum absolute atomic E-state index is 13.0. The fourth-order valence-corrected chi connectivity index (χ4v) is 3.74. The average Bonchev–Trinajstić information content (AvgIpc) is 2.87. The number of urea groups is 1. The third-order valence-corrected chi connectivity index (χ3v) is 5.38. The number of halogens is 6. The van der Waals surface area contributed by atoms with E-state index in [1.54, 1.807) is 0 Å². The van der Waals surface area contributed by atoms with E-state index in [1.165, 1.54) is 0 Å². The second kappa shape index (κ2) is 6.29. The predicted octanol–water partition coefficient (Wildman–Crippen LogP) is 4.34. The molecule has 2 fully saturated rings. The summed E-state index contributed by atoms with van der Waals surface area (Å²) < 4.78 is 78.2. The molecule has 140 valence electrons. The number of likely N-dealkylation sites (tertiary alicyclic amines) is 1. The van der Waals surface area contributed by atoms with Gasteiger partial charge in [0.15, 0.2) is 5.41 Å². The third-order valence-electron chi connectivity index (χ3n) is 5.38. The average molecular weight is 360 g/mol. The summed E-state index contributed by atoms with van der Waals surface area (Å²) in [5.41, 5.74) is -3.83. The van der Waals surface area contributed by atoms with Gasteiger partial charge in [0.05, 0.1) is 0 Å². The highest BCUT2D eigenvalue weighted by atomic mass is 19.4. The molecule has 0 aromatic rings. The van der Waals surface area contributed by atoms with Crippen molar-refractivity contribution in [1.29, 1.82) is 0 Å². The minimum atomic E-state index is -5.44. The van der Waals surface area contributed by atoms with Gasteiger partial charge in [-0.3, -0.25) is 0 Å². The second-order valence-corrected chi connectivity index (χ2v) is 7.20. The highest BCUT2D eigenvalue weighted by Gasteiger charge is 2.73. The van der Waals surface area contributed by atoms with Crippen LogP contribution < -0.4 is 5.32 Å². The van der Waals surface area contributed by atoms with Crippen LogP contribution in [0.15, 0.2) is 0 Å². The first-order valence-corrected chi connectivity index (χ1v) is 8.06. The standard InChI is InChI=1S/C15H22F6N2O/c1-9-3-4-11(10(2)7-9)22-12(24)23-6-5-13(8-23,14(16,17)18)15(19,20)21/h9-11H,3-8H2,1-2H3,(H,22,24)/t9-,10+,11+/m1/s1. The van der Waals surface area contributed by atoms with Crippen LogP contribution in [0.25, 0.3) is 0 Å². The van der Waals surface area contributed by atoms with Crippen molar-refractivity contribution < 1.29 is 31.1 Å². The summed E-state index contributed by atoms with van der Waals surface area (Å²) in [6.07, 6.45) is -9.58. The van der Waals surface area contributed by atoms with Crippen LogP contribution in [0.2, 0.25) is 0 Å². The Kier molecular flexibility index (Phi) is 5.03. The van der Waals surface area contributed by atoms with Gasteiger partial charge in [0.1, 0.15) is 0 Å². The van der Waals surface area contributed by atoms with Crippen molar-refractivity contribution in [3.63, 3.8) is 0 Å². The lowest BCUT2D eigenvalue weighted by molar-refractivity contribution is -0.334. The van der Waals surface area contributed by atoms with E-state index in [-0.39, 0.29) is 12.0 Å². The van der Waals surface area contributed by atoms with Crippen molar-refractivity contribution in [3.8, 4) is 0 Å². The molecule has 2 rings (SSSR count). The van der Waals surface area contributed by atoms with Crippen molar-refractivity contribution in [2.45, 2.75) is 57.9 Å². The van der Waals surface area contributed by atoms with Gasteiger partial charge in [-0.1, -0.05) is 13.8 Å². The Balaban J connectivity index is 2.05. The van der Waals surface area contributed by atoms with Gasteiger partial charge in [0.2, 0.25) is 0 Å². The summed E-state index contributed by atoms with van der Waals surface area (Å²) in [5, 5.41) is 2.62. The first-order valence-electron chi connectivity index (χ1n) is 8.06. The molecule has 1 N–H and O–H groups in total. The SMILES string of the molecule is C[C@@H]1CC[C@H](NC(=O)N2CCC(C(F)(F)F)(C(F)(F)F)C2)[C@@H](C)C1. The topological polar surface area (TPSA) is 32.3 Å². The van der Waals surface area contributed by atoms with Crippen LogP contribution in [0.1, 0.15) is 39.5 Å². The smallest absolute Gasteiger partial charge is 0.335 e. The number of carbonyl (C=O) groups excluding carboxylic acids is 1. The molecule has 0 radical (unpaired) electrons. The molecule has 2 amide bonds. The minimum absolute atomic E-state index is 0.148. The van der Waals surface area contributed by atoms with E-state index in [9.17, 15) is 31.1 Å². The summed E-state index contributed by atoms with van der Waals surface area (Å²) in [7, 11) is 0. The van der Waals surface area contributed by atoms with Gasteiger partial charge in [0, 0.05) is 19.1 Å². The van der Waals surface area contributed by atoms with Crippen LogP contribution in [-0.2, 0) is 0 Å². The molecule has 1 heterocycles. The Labute approximate surface area is 136 Å². The minimum Gasteiger partial charge on any atom is -0.335 e. The summed E-state index contributed by atoms with van der Waals surface area (Å²) in [6.45, 7) is 2.09. The van der Waals surface area contributed by atoms with Gasteiger partial charge < -0.3 is 10.2 Å². The third kappa shape index (κ3) is 3.44. The van der Waals surface area contributed by atoms with Crippen LogP contribution in [0.4, 0.5) is 31.1 Å². The Morgan fingerprint density at radius 2 is 1.67 bits per heavy atom. The maximum Gasteiger partial charge on any atom is 0.404 e. The predicted molar refractivity (Wildman–Crippen MR) is 75.2 cm³/mol. The van der Waals surface area contributed by atoms with Gasteiger partial charge in [-0.25, -0.2) is 4.79 Å². The molecule has 24 heavy (non-hydrogen) atoms. The van der Waals surface area contributed by atoms with E-state index in [2.05, 4.69) is 12.2 Å². The molecule has 1 aliphatic heterocycles. The number of nitrogens with one attached hydrogen (secondary N) is 1. The summed E-state index contributed by atoms with van der Waals surface area (Å²) in [6, 6.07) is -1.04. The van der Waals surface area contributed by atoms with E-state index in [4.69, 9.17) is 0 Å². The zero-order valence-corrected chi connectivity index (χ0v) is 13.6. The van der Waals surface area contributed by atoms with Crippen LogP contribution in [0, 0.1) is 17.3 Å². The van der Waals surface area contributed by atoms with Crippen molar-refractivity contribution in [3.05, 3.63) is 0 Å². The number of amides is 2. The second-order valence-electron chi connectivity index (χ2n) is 7.20. The van der Waals surface area contributed by atoms with Crippen molar-refractivity contribution >= 4 is 6.03 Å². The number of carbonyl (C=O) groups is 1. The number of hydrogen-bond acceptors (Lipinski definition) is 1. The van der Waals surface area contributed by atoms with Crippen molar-refractivity contribution in [2.24, 2.45) is 17.3 Å². The molecule has 3 atom stereocenters. The molecule has 2 aliphatic rings. The first-order chi connectivity index (χ1) is 10.9. The fourth-order valence-electron chi connectivity index (χ4n) is 3.74. The van der Waals surface area contributed by atoms with E-state index < -0.39 is 43.3 Å². The molecule has 1 saturated heterocycles.